The molecule has 0 saturated carbocycles. The molecule has 0 atom stereocenters. The van der Waals surface area contributed by atoms with Crippen LogP contribution in [0.15, 0.2) is 0 Å². The Morgan fingerprint density at radius 2 is 1.60 bits per heavy atom. The van der Waals surface area contributed by atoms with E-state index in [0.29, 0.717) is 0 Å². The Morgan fingerprint density at radius 3 is 1.87 bits per heavy atom. The van der Waals surface area contributed by atoms with Crippen LogP contribution < -0.4 is 0 Å². The number of carbonyl (C=O) groups excluding carboxylic acids is 1. The standard InChI is InChI=1S/C6H5B6BrO2/c1-2-15-3(14)4(7,8)5(9,10)6(11,12)13/h2H2,1H3. The molecule has 0 rings (SSSR count). The smallest absolute Gasteiger partial charge is 0.293 e. The van der Waals surface area contributed by atoms with E-state index in [0.717, 1.165) is 0 Å². The summed E-state index contributed by atoms with van der Waals surface area (Å²) >= 11 is 2.79. The van der Waals surface area contributed by atoms with E-state index in [1.54, 1.807) is 6.92 Å². The highest BCUT2D eigenvalue weighted by Crippen LogP contribution is 2.51. The quantitative estimate of drug-likeness (QED) is 0.359. The second-order valence-electron chi connectivity index (χ2n) is 3.23. The van der Waals surface area contributed by atoms with Gasteiger partial charge in [0.25, 0.3) is 5.97 Å². The summed E-state index contributed by atoms with van der Waals surface area (Å²) < 4.78 is 2.78. The van der Waals surface area contributed by atoms with Crippen molar-refractivity contribution in [1.82, 2.24) is 0 Å². The van der Waals surface area contributed by atoms with Gasteiger partial charge >= 0.3 is 0 Å². The van der Waals surface area contributed by atoms with Crippen LogP contribution in [0, 0.1) is 0 Å². The van der Waals surface area contributed by atoms with E-state index in [2.05, 4.69) is 20.7 Å². The summed E-state index contributed by atoms with van der Waals surface area (Å²) in [5, 5.41) is -4.30. The molecule has 0 spiro atoms. The van der Waals surface area contributed by atoms with Gasteiger partial charge in [-0.25, -0.2) is 0 Å². The lowest BCUT2D eigenvalue weighted by atomic mass is 9.22. The Balaban J connectivity index is 5.10. The summed E-state index contributed by atoms with van der Waals surface area (Å²) in [4.78, 5) is 11.4. The number of hydrogen-bond donors (Lipinski definition) is 0. The average molecular weight is 254 g/mol. The maximum absolute atomic E-state index is 11.4. The van der Waals surface area contributed by atoms with Crippen LogP contribution in [0.25, 0.3) is 0 Å². The van der Waals surface area contributed by atoms with Crippen LogP contribution >= 0.6 is 15.9 Å². The van der Waals surface area contributed by atoms with Crippen LogP contribution in [-0.2, 0) is 9.53 Å². The molecule has 0 bridgehead atoms. The average Bonchev–Trinajstić information content (AvgIpc) is 2.02. The Kier molecular flexibility index (Phi) is 4.79. The molecule has 0 saturated heterocycles. The lowest BCUT2D eigenvalue weighted by molar-refractivity contribution is -0.144. The molecule has 0 N–H and O–H groups in total. The molecule has 0 aliphatic heterocycles. The van der Waals surface area contributed by atoms with Crippen molar-refractivity contribution in [3.05, 3.63) is 0 Å². The maximum Gasteiger partial charge on any atom is 0.293 e. The number of rotatable bonds is 4. The van der Waals surface area contributed by atoms with Gasteiger partial charge in [0.15, 0.2) is 0 Å². The zero-order valence-corrected chi connectivity index (χ0v) is 9.95. The number of esters is 1. The first-order valence-corrected chi connectivity index (χ1v) is 4.87. The molecule has 0 aliphatic carbocycles. The Bertz CT molecular complexity index is 248. The van der Waals surface area contributed by atoms with Gasteiger partial charge in [0, 0.05) is 0 Å². The molecule has 0 aromatic carbocycles. The third-order valence-electron chi connectivity index (χ3n) is 1.93. The molecule has 0 aliphatic rings. The molecule has 0 unspecified atom stereocenters. The number of ether oxygens (including phenoxy) is 1. The summed E-state index contributed by atoms with van der Waals surface area (Å²) in [6.07, 6.45) is 0. The number of hydrogen-bond acceptors (Lipinski definition) is 2. The van der Waals surface area contributed by atoms with Crippen molar-refractivity contribution in [2.24, 2.45) is 0 Å². The van der Waals surface area contributed by atoms with Crippen molar-refractivity contribution in [3.63, 3.8) is 0 Å². The summed E-state index contributed by atoms with van der Waals surface area (Å²) in [6.45, 7) is 1.66. The predicted molar refractivity (Wildman–Crippen MR) is 68.2 cm³/mol. The highest BCUT2D eigenvalue weighted by atomic mass is 79.9. The Labute approximate surface area is 107 Å². The van der Waals surface area contributed by atoms with E-state index < -0.39 is 20.5 Å². The third-order valence-corrected chi connectivity index (χ3v) is 2.59. The van der Waals surface area contributed by atoms with E-state index in [9.17, 15) is 4.79 Å². The molecule has 0 aromatic heterocycles. The lowest BCUT2D eigenvalue weighted by Gasteiger charge is -2.50. The van der Waals surface area contributed by atoms with Gasteiger partial charge in [-0.05, 0) is 12.1 Å². The molecule has 0 fully saturated rings. The first kappa shape index (κ1) is 15.3. The van der Waals surface area contributed by atoms with Crippen LogP contribution in [0.1, 0.15) is 6.92 Å². The number of alkyl halides is 1. The van der Waals surface area contributed by atoms with Crippen molar-refractivity contribution in [1.29, 1.82) is 0 Å². The second kappa shape index (κ2) is 4.68. The summed E-state index contributed by atoms with van der Waals surface area (Å²) in [5.74, 6) is -0.991. The fourth-order valence-corrected chi connectivity index (χ4v) is 1.06. The van der Waals surface area contributed by atoms with Gasteiger partial charge in [-0.2, -0.15) is 0 Å². The minimum absolute atomic E-state index is 0.0789. The van der Waals surface area contributed by atoms with Gasteiger partial charge in [0.2, 0.25) is 0 Å². The second-order valence-corrected chi connectivity index (χ2v) is 4.54. The lowest BCUT2D eigenvalue weighted by Crippen LogP contribution is -2.52. The molecule has 9 heteroatoms. The summed E-state index contributed by atoms with van der Waals surface area (Å²) in [7, 11) is 32.8. The molecule has 15 heavy (non-hydrogen) atoms. The topological polar surface area (TPSA) is 26.3 Å². The van der Waals surface area contributed by atoms with Crippen molar-refractivity contribution in [2.75, 3.05) is 6.61 Å². The van der Waals surface area contributed by atoms with Gasteiger partial charge in [-0.3, -0.25) is 4.79 Å². The van der Waals surface area contributed by atoms with E-state index >= 15 is 0 Å². The molecule has 0 aromatic rings. The molecular formula is C6H5B6BrO2. The van der Waals surface area contributed by atoms with Gasteiger partial charge in [-0.1, -0.05) is 9.34 Å². The van der Waals surface area contributed by atoms with Crippen LogP contribution in [0.3, 0.4) is 0 Å². The minimum Gasteiger partial charge on any atom is -0.467 e. The highest BCUT2D eigenvalue weighted by molar-refractivity contribution is 9.11. The summed E-state index contributed by atoms with van der Waals surface area (Å²) in [5.41, 5.74) is 0. The van der Waals surface area contributed by atoms with Crippen LogP contribution in [0.2, 0.25) is 10.4 Å². The molecular weight excluding hydrogens is 249 g/mol. The fraction of sp³-hybridized carbons (Fsp3) is 0.833. The van der Waals surface area contributed by atoms with E-state index in [1.807, 2.05) is 0 Å². The minimum atomic E-state index is -2.21. The van der Waals surface area contributed by atoms with Gasteiger partial charge in [0.05, 0.1) is 53.7 Å². The Hall–Kier alpha value is 0.340. The van der Waals surface area contributed by atoms with Crippen LogP contribution in [0.4, 0.5) is 0 Å². The van der Waals surface area contributed by atoms with Crippen LogP contribution in [0.5, 0.6) is 0 Å². The first-order valence-electron chi connectivity index (χ1n) is 4.08. The van der Waals surface area contributed by atoms with Crippen molar-refractivity contribution in [3.8, 4) is 0 Å². The first-order chi connectivity index (χ1) is 6.48. The largest absolute Gasteiger partial charge is 0.467 e. The maximum atomic E-state index is 11.4. The van der Waals surface area contributed by atoms with Crippen molar-refractivity contribution in [2.45, 2.75) is 21.5 Å². The Morgan fingerprint density at radius 1 is 1.20 bits per heavy atom. The number of halogens is 1. The van der Waals surface area contributed by atoms with Gasteiger partial charge < -0.3 is 4.74 Å². The highest BCUT2D eigenvalue weighted by Gasteiger charge is 2.48. The third kappa shape index (κ3) is 2.92. The van der Waals surface area contributed by atoms with E-state index in [1.165, 1.54) is 0 Å². The van der Waals surface area contributed by atoms with Crippen LogP contribution in [-0.4, -0.2) is 63.8 Å². The van der Waals surface area contributed by atoms with Gasteiger partial charge in [-0.15, -0.1) is 15.9 Å². The normalized spacial score (nSPS) is 13.5. The summed E-state index contributed by atoms with van der Waals surface area (Å²) in [6, 6.07) is 0. The molecule has 2 nitrogen and oxygen atoms in total. The fourth-order valence-electron chi connectivity index (χ4n) is 0.736. The zero-order chi connectivity index (χ0) is 12.5. The van der Waals surface area contributed by atoms with Crippen molar-refractivity contribution >= 4 is 69.0 Å². The molecule has 12 radical (unpaired) electrons. The molecule has 0 heterocycles. The van der Waals surface area contributed by atoms with E-state index in [-0.39, 0.29) is 6.61 Å². The van der Waals surface area contributed by atoms with E-state index in [4.69, 9.17) is 47.1 Å². The number of carbonyl (C=O) groups is 1. The SMILES string of the molecule is [B]C([B])(Br)C([B])([B])C([B])([B])C(=O)OCC. The molecule has 66 valence electrons. The zero-order valence-electron chi connectivity index (χ0n) is 8.37. The predicted octanol–water partition coefficient (Wildman–Crippen LogP) is -1.16. The van der Waals surface area contributed by atoms with Crippen molar-refractivity contribution < 1.29 is 9.53 Å². The monoisotopic (exact) mass is 254 g/mol. The van der Waals surface area contributed by atoms with Gasteiger partial charge in [0.1, 0.15) is 0 Å². The molecule has 0 amide bonds.